The van der Waals surface area contributed by atoms with E-state index in [4.69, 9.17) is 0 Å². The summed E-state index contributed by atoms with van der Waals surface area (Å²) in [7, 11) is 0. The maximum absolute atomic E-state index is 11.7. The first-order valence-electron chi connectivity index (χ1n) is 5.61. The lowest BCUT2D eigenvalue weighted by atomic mass is 10.1. The van der Waals surface area contributed by atoms with Gasteiger partial charge in [-0.05, 0) is 11.5 Å². The Morgan fingerprint density at radius 1 is 1.33 bits per heavy atom. The van der Waals surface area contributed by atoms with Gasteiger partial charge in [0.25, 0.3) is 0 Å². The van der Waals surface area contributed by atoms with E-state index in [0.717, 1.165) is 25.9 Å². The first kappa shape index (κ1) is 10.2. The van der Waals surface area contributed by atoms with Crippen LogP contribution in [-0.4, -0.2) is 17.4 Å². The fourth-order valence-electron chi connectivity index (χ4n) is 2.08. The zero-order valence-electron chi connectivity index (χ0n) is 9.15. The van der Waals surface area contributed by atoms with Crippen molar-refractivity contribution in [3.63, 3.8) is 0 Å². The van der Waals surface area contributed by atoms with E-state index < -0.39 is 0 Å². The summed E-state index contributed by atoms with van der Waals surface area (Å²) >= 11 is 0. The number of carbonyl (C=O) groups is 1. The van der Waals surface area contributed by atoms with Crippen LogP contribution in [0.5, 0.6) is 0 Å². The van der Waals surface area contributed by atoms with Crippen molar-refractivity contribution >= 4 is 5.91 Å². The summed E-state index contributed by atoms with van der Waals surface area (Å²) in [5.74, 6) is 0.881. The SMILES string of the molecule is CCC1CC(=O)N(Cc2ccccc2)C1. The van der Waals surface area contributed by atoms with Crippen LogP contribution in [0.1, 0.15) is 25.3 Å². The minimum Gasteiger partial charge on any atom is -0.338 e. The molecule has 0 aromatic heterocycles. The highest BCUT2D eigenvalue weighted by atomic mass is 16.2. The molecule has 0 bridgehead atoms. The predicted octanol–water partition coefficient (Wildman–Crippen LogP) is 2.45. The van der Waals surface area contributed by atoms with E-state index in [9.17, 15) is 4.79 Å². The van der Waals surface area contributed by atoms with Crippen molar-refractivity contribution < 1.29 is 4.79 Å². The number of rotatable bonds is 3. The van der Waals surface area contributed by atoms with Crippen LogP contribution in [0.25, 0.3) is 0 Å². The summed E-state index contributed by atoms with van der Waals surface area (Å²) in [4.78, 5) is 13.6. The van der Waals surface area contributed by atoms with E-state index >= 15 is 0 Å². The normalized spacial score (nSPS) is 21.0. The smallest absolute Gasteiger partial charge is 0.223 e. The number of hydrogen-bond donors (Lipinski definition) is 0. The average Bonchev–Trinajstić information content (AvgIpc) is 2.61. The van der Waals surface area contributed by atoms with Crippen LogP contribution in [0.3, 0.4) is 0 Å². The Morgan fingerprint density at radius 3 is 2.67 bits per heavy atom. The lowest BCUT2D eigenvalue weighted by Crippen LogP contribution is -2.24. The van der Waals surface area contributed by atoms with Gasteiger partial charge in [-0.15, -0.1) is 0 Å². The molecule has 1 aromatic carbocycles. The second-order valence-electron chi connectivity index (χ2n) is 4.24. The molecule has 1 atom stereocenters. The third-order valence-corrected chi connectivity index (χ3v) is 3.09. The molecule has 1 amide bonds. The Hall–Kier alpha value is -1.31. The van der Waals surface area contributed by atoms with E-state index in [1.165, 1.54) is 5.56 Å². The van der Waals surface area contributed by atoms with Crippen LogP contribution in [0.2, 0.25) is 0 Å². The van der Waals surface area contributed by atoms with Gasteiger partial charge >= 0.3 is 0 Å². The summed E-state index contributed by atoms with van der Waals surface area (Å²) in [6.07, 6.45) is 1.85. The molecule has 0 saturated carbocycles. The number of amides is 1. The first-order chi connectivity index (χ1) is 7.29. The Morgan fingerprint density at radius 2 is 2.07 bits per heavy atom. The van der Waals surface area contributed by atoms with Gasteiger partial charge in [0.2, 0.25) is 5.91 Å². The van der Waals surface area contributed by atoms with E-state index in [1.54, 1.807) is 0 Å². The van der Waals surface area contributed by atoms with Gasteiger partial charge in [0.05, 0.1) is 0 Å². The van der Waals surface area contributed by atoms with E-state index in [1.807, 2.05) is 23.1 Å². The molecule has 0 aliphatic carbocycles. The Bertz CT molecular complexity index is 334. The van der Waals surface area contributed by atoms with Gasteiger partial charge in [-0.25, -0.2) is 0 Å². The van der Waals surface area contributed by atoms with Crippen molar-refractivity contribution in [1.29, 1.82) is 0 Å². The van der Waals surface area contributed by atoms with Crippen LogP contribution < -0.4 is 0 Å². The fraction of sp³-hybridized carbons (Fsp3) is 0.462. The molecule has 0 N–H and O–H groups in total. The number of benzene rings is 1. The summed E-state index contributed by atoms with van der Waals surface area (Å²) in [5.41, 5.74) is 1.22. The topological polar surface area (TPSA) is 20.3 Å². The van der Waals surface area contributed by atoms with Crippen molar-refractivity contribution in [2.45, 2.75) is 26.3 Å². The maximum atomic E-state index is 11.7. The van der Waals surface area contributed by atoms with Crippen molar-refractivity contribution in [2.24, 2.45) is 5.92 Å². The van der Waals surface area contributed by atoms with Crippen LogP contribution >= 0.6 is 0 Å². The third-order valence-electron chi connectivity index (χ3n) is 3.09. The minimum absolute atomic E-state index is 0.311. The standard InChI is InChI=1S/C13H17NO/c1-2-11-8-13(15)14(9-11)10-12-6-4-3-5-7-12/h3-7,11H,2,8-10H2,1H3. The largest absolute Gasteiger partial charge is 0.338 e. The van der Waals surface area contributed by atoms with Gasteiger partial charge in [0, 0.05) is 19.5 Å². The number of carbonyl (C=O) groups excluding carboxylic acids is 1. The Labute approximate surface area is 90.9 Å². The molecule has 1 heterocycles. The zero-order valence-corrected chi connectivity index (χ0v) is 9.15. The van der Waals surface area contributed by atoms with Crippen molar-refractivity contribution in [1.82, 2.24) is 4.90 Å². The van der Waals surface area contributed by atoms with Crippen LogP contribution in [0, 0.1) is 5.92 Å². The summed E-state index contributed by atoms with van der Waals surface area (Å²) in [6.45, 7) is 3.87. The fourth-order valence-corrected chi connectivity index (χ4v) is 2.08. The van der Waals surface area contributed by atoms with Gasteiger partial charge in [-0.1, -0.05) is 43.7 Å². The lowest BCUT2D eigenvalue weighted by Gasteiger charge is -2.16. The molecule has 80 valence electrons. The van der Waals surface area contributed by atoms with Crippen LogP contribution in [-0.2, 0) is 11.3 Å². The molecule has 1 aliphatic rings. The highest BCUT2D eigenvalue weighted by molar-refractivity contribution is 5.78. The molecule has 1 fully saturated rings. The Kier molecular flexibility index (Phi) is 3.05. The average molecular weight is 203 g/mol. The summed E-state index contributed by atoms with van der Waals surface area (Å²) in [5, 5.41) is 0. The molecule has 2 rings (SSSR count). The van der Waals surface area contributed by atoms with Crippen molar-refractivity contribution in [2.75, 3.05) is 6.54 Å². The molecule has 0 radical (unpaired) electrons. The van der Waals surface area contributed by atoms with Crippen molar-refractivity contribution in [3.05, 3.63) is 35.9 Å². The predicted molar refractivity (Wildman–Crippen MR) is 60.3 cm³/mol. The molecule has 2 heteroatoms. The number of hydrogen-bond acceptors (Lipinski definition) is 1. The van der Waals surface area contributed by atoms with Crippen LogP contribution in [0.15, 0.2) is 30.3 Å². The molecular weight excluding hydrogens is 186 g/mol. The third kappa shape index (κ3) is 2.38. The van der Waals surface area contributed by atoms with Gasteiger partial charge in [-0.3, -0.25) is 4.79 Å². The van der Waals surface area contributed by atoms with Crippen molar-refractivity contribution in [3.8, 4) is 0 Å². The number of nitrogens with zero attached hydrogens (tertiary/aromatic N) is 1. The molecule has 2 nitrogen and oxygen atoms in total. The highest BCUT2D eigenvalue weighted by Crippen LogP contribution is 2.22. The molecule has 1 aromatic rings. The van der Waals surface area contributed by atoms with Gasteiger partial charge in [-0.2, -0.15) is 0 Å². The van der Waals surface area contributed by atoms with Crippen LogP contribution in [0.4, 0.5) is 0 Å². The first-order valence-corrected chi connectivity index (χ1v) is 5.61. The van der Waals surface area contributed by atoms with E-state index in [2.05, 4.69) is 19.1 Å². The molecule has 1 saturated heterocycles. The van der Waals surface area contributed by atoms with E-state index in [0.29, 0.717) is 11.8 Å². The molecule has 1 aliphatic heterocycles. The molecule has 15 heavy (non-hydrogen) atoms. The van der Waals surface area contributed by atoms with Gasteiger partial charge in [0.15, 0.2) is 0 Å². The summed E-state index contributed by atoms with van der Waals surface area (Å²) in [6, 6.07) is 10.2. The second-order valence-corrected chi connectivity index (χ2v) is 4.24. The lowest BCUT2D eigenvalue weighted by molar-refractivity contribution is -0.128. The minimum atomic E-state index is 0.311. The van der Waals surface area contributed by atoms with Gasteiger partial charge in [0.1, 0.15) is 0 Å². The number of likely N-dealkylation sites (tertiary alicyclic amines) is 1. The van der Waals surface area contributed by atoms with Gasteiger partial charge < -0.3 is 4.90 Å². The second kappa shape index (κ2) is 4.47. The highest BCUT2D eigenvalue weighted by Gasteiger charge is 2.27. The quantitative estimate of drug-likeness (QED) is 0.739. The molecule has 1 unspecified atom stereocenters. The molecular formula is C13H17NO. The Balaban J connectivity index is 1.99. The summed E-state index contributed by atoms with van der Waals surface area (Å²) < 4.78 is 0. The van der Waals surface area contributed by atoms with E-state index in [-0.39, 0.29) is 0 Å². The zero-order chi connectivity index (χ0) is 10.7. The monoisotopic (exact) mass is 203 g/mol. The molecule has 0 spiro atoms. The maximum Gasteiger partial charge on any atom is 0.223 e.